The van der Waals surface area contributed by atoms with Gasteiger partial charge < -0.3 is 10.5 Å². The van der Waals surface area contributed by atoms with Crippen LogP contribution in [0.25, 0.3) is 22.0 Å². The van der Waals surface area contributed by atoms with Gasteiger partial charge in [0.1, 0.15) is 29.1 Å². The molecule has 0 saturated heterocycles. The molecule has 0 fully saturated rings. The second kappa shape index (κ2) is 7.73. The number of benzene rings is 2. The molecule has 156 valence electrons. The zero-order valence-corrected chi connectivity index (χ0v) is 16.9. The monoisotopic (exact) mass is 442 g/mol. The number of nitriles is 1. The van der Waals surface area contributed by atoms with Crippen LogP contribution in [-0.4, -0.2) is 30.2 Å². The highest BCUT2D eigenvalue weighted by atomic mass is 35.5. The molecular weight excluding hydrogens is 430 g/mol. The lowest BCUT2D eigenvalue weighted by atomic mass is 9.97. The van der Waals surface area contributed by atoms with Gasteiger partial charge in [0.25, 0.3) is 0 Å². The Kier molecular flexibility index (Phi) is 5.08. The second-order valence-corrected chi connectivity index (χ2v) is 6.89. The number of aromatic nitrogens is 6. The molecule has 0 aliphatic rings. The van der Waals surface area contributed by atoms with E-state index in [1.54, 1.807) is 14.0 Å². The summed E-state index contributed by atoms with van der Waals surface area (Å²) in [5.41, 5.74) is 6.42. The number of aryl methyl sites for hydroxylation is 1. The Balaban J connectivity index is 1.97. The number of nitrogens with zero attached hydrogens (tertiary/aromatic N) is 7. The van der Waals surface area contributed by atoms with E-state index in [9.17, 15) is 14.0 Å². The maximum Gasteiger partial charge on any atom is 0.214 e. The van der Waals surface area contributed by atoms with Crippen molar-refractivity contribution in [2.75, 3.05) is 5.73 Å². The molecule has 2 aromatic heterocycles. The topological polar surface area (TPSA) is 128 Å². The van der Waals surface area contributed by atoms with Gasteiger partial charge in [-0.25, -0.2) is 18.7 Å². The largest absolute Gasteiger partial charge is 0.480 e. The van der Waals surface area contributed by atoms with Gasteiger partial charge >= 0.3 is 0 Å². The molecule has 0 bridgehead atoms. The molecule has 12 heteroatoms. The summed E-state index contributed by atoms with van der Waals surface area (Å²) < 4.78 is 34.4. The van der Waals surface area contributed by atoms with Crippen molar-refractivity contribution < 1.29 is 13.5 Å². The highest BCUT2D eigenvalue weighted by Crippen LogP contribution is 2.41. The van der Waals surface area contributed by atoms with Crippen LogP contribution in [0.2, 0.25) is 5.02 Å². The van der Waals surface area contributed by atoms with E-state index in [2.05, 4.69) is 25.4 Å². The number of hydrogen-bond donors (Lipinski definition) is 1. The molecular formula is C19H13ClF2N8O. The zero-order valence-electron chi connectivity index (χ0n) is 16.1. The fraction of sp³-hybridized carbons (Fsp3) is 0.158. The minimum Gasteiger partial charge on any atom is -0.480 e. The van der Waals surface area contributed by atoms with Crippen molar-refractivity contribution in [3.63, 3.8) is 0 Å². The Morgan fingerprint density at radius 2 is 2.03 bits per heavy atom. The maximum atomic E-state index is 14.8. The van der Waals surface area contributed by atoms with Crippen molar-refractivity contribution in [1.29, 1.82) is 5.26 Å². The summed E-state index contributed by atoms with van der Waals surface area (Å²) in [4.78, 5) is 9.43. The molecule has 0 amide bonds. The molecule has 9 nitrogen and oxygen atoms in total. The Hall–Kier alpha value is -3.91. The van der Waals surface area contributed by atoms with E-state index in [1.165, 1.54) is 23.3 Å². The van der Waals surface area contributed by atoms with Gasteiger partial charge in [0, 0.05) is 11.1 Å². The van der Waals surface area contributed by atoms with Crippen molar-refractivity contribution in [2.45, 2.75) is 13.0 Å². The van der Waals surface area contributed by atoms with Gasteiger partial charge in [-0.1, -0.05) is 11.6 Å². The van der Waals surface area contributed by atoms with Crippen LogP contribution in [0.1, 0.15) is 24.4 Å². The molecule has 0 aliphatic heterocycles. The van der Waals surface area contributed by atoms with Gasteiger partial charge in [0.15, 0.2) is 17.7 Å². The van der Waals surface area contributed by atoms with Crippen molar-refractivity contribution in [2.24, 2.45) is 7.05 Å². The van der Waals surface area contributed by atoms with Crippen molar-refractivity contribution >= 4 is 28.3 Å². The van der Waals surface area contributed by atoms with E-state index < -0.39 is 22.8 Å². The molecule has 4 rings (SSSR count). The standard InChI is InChI=1S/C19H13ClF2N8O/c1-8(19-27-29-30(2)28-19)31-17-9(6-23)5-11(16-13(17)18(24)26-7-25-16)10-3-4-12(21)14(20)15(10)22/h3-5,7-8H,1-2H3,(H2,24,25,26)/t8-/m0/s1. The third-order valence-electron chi connectivity index (χ3n) is 4.52. The molecule has 1 atom stereocenters. The number of tetrazole rings is 1. The Morgan fingerprint density at radius 1 is 1.26 bits per heavy atom. The van der Waals surface area contributed by atoms with Crippen LogP contribution < -0.4 is 10.5 Å². The van der Waals surface area contributed by atoms with E-state index in [1.807, 2.05) is 6.07 Å². The lowest BCUT2D eigenvalue weighted by molar-refractivity contribution is 0.218. The number of halogens is 3. The first kappa shape index (κ1) is 20.4. The third-order valence-corrected chi connectivity index (χ3v) is 4.87. The van der Waals surface area contributed by atoms with Crippen LogP contribution in [0.15, 0.2) is 24.5 Å². The molecule has 0 radical (unpaired) electrons. The summed E-state index contributed by atoms with van der Waals surface area (Å²) in [6, 6.07) is 5.60. The van der Waals surface area contributed by atoms with Crippen molar-refractivity contribution in [1.82, 2.24) is 30.2 Å². The summed E-state index contributed by atoms with van der Waals surface area (Å²) >= 11 is 5.74. The van der Waals surface area contributed by atoms with E-state index >= 15 is 0 Å². The van der Waals surface area contributed by atoms with Gasteiger partial charge in [-0.3, -0.25) is 0 Å². The summed E-state index contributed by atoms with van der Waals surface area (Å²) in [6.07, 6.45) is 0.486. The molecule has 2 aromatic carbocycles. The second-order valence-electron chi connectivity index (χ2n) is 6.52. The Bertz CT molecular complexity index is 1370. The zero-order chi connectivity index (χ0) is 22.3. The van der Waals surface area contributed by atoms with Crippen LogP contribution in [0.3, 0.4) is 0 Å². The van der Waals surface area contributed by atoms with Crippen LogP contribution in [0, 0.1) is 23.0 Å². The van der Waals surface area contributed by atoms with E-state index in [4.69, 9.17) is 22.1 Å². The SMILES string of the molecule is C[C@H](Oc1c(C#N)cc(-c2ccc(F)c(Cl)c2F)c2ncnc(N)c12)c1nnn(C)n1. The van der Waals surface area contributed by atoms with Crippen molar-refractivity contribution in [3.8, 4) is 22.9 Å². The molecule has 0 spiro atoms. The Labute approximate surface area is 179 Å². The smallest absolute Gasteiger partial charge is 0.214 e. The number of fused-ring (bicyclic) bond motifs is 1. The van der Waals surface area contributed by atoms with Crippen molar-refractivity contribution in [3.05, 3.63) is 52.6 Å². The highest BCUT2D eigenvalue weighted by Gasteiger charge is 2.24. The number of rotatable bonds is 4. The van der Waals surface area contributed by atoms with Gasteiger partial charge in [-0.2, -0.15) is 10.1 Å². The molecule has 31 heavy (non-hydrogen) atoms. The number of hydrogen-bond acceptors (Lipinski definition) is 8. The van der Waals surface area contributed by atoms with Gasteiger partial charge in [0.2, 0.25) is 5.82 Å². The minimum absolute atomic E-state index is 0.00581. The molecule has 0 saturated carbocycles. The summed E-state index contributed by atoms with van der Waals surface area (Å²) in [5.74, 6) is -1.54. The van der Waals surface area contributed by atoms with Crippen LogP contribution in [0.5, 0.6) is 5.75 Å². The first-order valence-electron chi connectivity index (χ1n) is 8.83. The molecule has 2 heterocycles. The van der Waals surface area contributed by atoms with Gasteiger partial charge in [-0.15, -0.1) is 10.2 Å². The lowest BCUT2D eigenvalue weighted by Gasteiger charge is -2.18. The lowest BCUT2D eigenvalue weighted by Crippen LogP contribution is -2.09. The minimum atomic E-state index is -0.991. The molecule has 2 N–H and O–H groups in total. The van der Waals surface area contributed by atoms with E-state index in [-0.39, 0.29) is 45.0 Å². The predicted octanol–water partition coefficient (Wildman–Crippen LogP) is 3.35. The number of ether oxygens (including phenoxy) is 1. The summed E-state index contributed by atoms with van der Waals surface area (Å²) in [7, 11) is 1.60. The fourth-order valence-corrected chi connectivity index (χ4v) is 3.24. The molecule has 0 aliphatic carbocycles. The van der Waals surface area contributed by atoms with Crippen LogP contribution in [-0.2, 0) is 7.05 Å². The Morgan fingerprint density at radius 3 is 2.71 bits per heavy atom. The number of anilines is 1. The van der Waals surface area contributed by atoms with E-state index in [0.29, 0.717) is 0 Å². The van der Waals surface area contributed by atoms with Gasteiger partial charge in [-0.05, 0) is 30.3 Å². The third kappa shape index (κ3) is 3.47. The maximum absolute atomic E-state index is 14.8. The summed E-state index contributed by atoms with van der Waals surface area (Å²) in [5, 5.41) is 21.0. The average Bonchev–Trinajstić information content (AvgIpc) is 3.19. The van der Waals surface area contributed by atoms with Gasteiger partial charge in [0.05, 0.1) is 23.5 Å². The number of nitrogens with two attached hydrogens (primary N) is 1. The average molecular weight is 443 g/mol. The first-order valence-corrected chi connectivity index (χ1v) is 9.21. The van der Waals surface area contributed by atoms with Crippen LogP contribution in [0.4, 0.5) is 14.6 Å². The van der Waals surface area contributed by atoms with Crippen LogP contribution >= 0.6 is 11.6 Å². The predicted molar refractivity (Wildman–Crippen MR) is 107 cm³/mol. The first-order chi connectivity index (χ1) is 14.8. The number of nitrogen functional groups attached to an aromatic ring is 1. The fourth-order valence-electron chi connectivity index (χ4n) is 3.08. The quantitative estimate of drug-likeness (QED) is 0.476. The molecule has 0 unspecified atom stereocenters. The molecule has 4 aromatic rings. The normalized spacial score (nSPS) is 12.0. The summed E-state index contributed by atoms with van der Waals surface area (Å²) in [6.45, 7) is 1.66. The highest BCUT2D eigenvalue weighted by molar-refractivity contribution is 6.31. The van der Waals surface area contributed by atoms with E-state index in [0.717, 1.165) is 6.07 Å².